The first-order chi connectivity index (χ1) is 16.5. The Morgan fingerprint density at radius 2 is 1.38 bits per heavy atom. The number of amides is 1. The van der Waals surface area contributed by atoms with Crippen molar-refractivity contribution < 1.29 is 17.9 Å². The fraction of sp³-hybridized carbons (Fsp3) is 0.0769. The molecule has 0 spiro atoms. The number of aromatic nitrogens is 1. The van der Waals surface area contributed by atoms with Crippen molar-refractivity contribution in [2.75, 3.05) is 10.8 Å². The lowest BCUT2D eigenvalue weighted by molar-refractivity contribution is -0.119. The van der Waals surface area contributed by atoms with E-state index in [0.29, 0.717) is 17.2 Å². The van der Waals surface area contributed by atoms with Crippen LogP contribution in [-0.2, 0) is 21.4 Å². The van der Waals surface area contributed by atoms with Crippen LogP contribution in [0.2, 0.25) is 0 Å². The van der Waals surface area contributed by atoms with Gasteiger partial charge in [0.15, 0.2) is 0 Å². The Morgan fingerprint density at radius 1 is 0.794 bits per heavy atom. The number of pyridine rings is 1. The van der Waals surface area contributed by atoms with Crippen molar-refractivity contribution in [1.82, 2.24) is 10.3 Å². The molecule has 0 bridgehead atoms. The number of para-hydroxylation sites is 1. The van der Waals surface area contributed by atoms with Gasteiger partial charge in [-0.25, -0.2) is 8.42 Å². The van der Waals surface area contributed by atoms with Gasteiger partial charge in [0.25, 0.3) is 10.0 Å². The summed E-state index contributed by atoms with van der Waals surface area (Å²) in [5, 5.41) is 2.77. The van der Waals surface area contributed by atoms with Crippen LogP contribution in [0, 0.1) is 0 Å². The second-order valence-corrected chi connectivity index (χ2v) is 9.23. The molecule has 0 saturated heterocycles. The summed E-state index contributed by atoms with van der Waals surface area (Å²) in [6.45, 7) is -0.106. The number of rotatable bonds is 9. The molecular weight excluding hydrogens is 450 g/mol. The average Bonchev–Trinajstić information content (AvgIpc) is 2.88. The number of ether oxygens (including phenoxy) is 1. The number of carbonyl (C=O) groups excluding carboxylic acids is 1. The molecule has 0 atom stereocenters. The van der Waals surface area contributed by atoms with Gasteiger partial charge in [0, 0.05) is 18.9 Å². The Kier molecular flexibility index (Phi) is 7.19. The van der Waals surface area contributed by atoms with Crippen LogP contribution in [0.15, 0.2) is 114 Å². The third-order valence-electron chi connectivity index (χ3n) is 4.96. The normalized spacial score (nSPS) is 10.9. The van der Waals surface area contributed by atoms with Gasteiger partial charge in [-0.05, 0) is 66.2 Å². The maximum atomic E-state index is 13.4. The second kappa shape index (κ2) is 10.6. The highest BCUT2D eigenvalue weighted by atomic mass is 32.2. The Bertz CT molecular complexity index is 1320. The minimum Gasteiger partial charge on any atom is -0.457 e. The summed E-state index contributed by atoms with van der Waals surface area (Å²) in [6, 6.07) is 27.5. The van der Waals surface area contributed by atoms with Crippen LogP contribution in [0.25, 0.3) is 0 Å². The number of nitrogens with one attached hydrogen (secondary N) is 1. The van der Waals surface area contributed by atoms with E-state index in [9.17, 15) is 13.2 Å². The first-order valence-corrected chi connectivity index (χ1v) is 12.0. The van der Waals surface area contributed by atoms with Crippen molar-refractivity contribution >= 4 is 21.6 Å². The van der Waals surface area contributed by atoms with Crippen LogP contribution in [-0.4, -0.2) is 25.9 Å². The lowest BCUT2D eigenvalue weighted by Crippen LogP contribution is -2.40. The van der Waals surface area contributed by atoms with Gasteiger partial charge in [0.1, 0.15) is 18.0 Å². The molecule has 8 heteroatoms. The van der Waals surface area contributed by atoms with Crippen molar-refractivity contribution in [1.29, 1.82) is 0 Å². The Morgan fingerprint density at radius 3 is 2.03 bits per heavy atom. The molecule has 3 aromatic carbocycles. The predicted octanol–water partition coefficient (Wildman–Crippen LogP) is 4.39. The number of benzene rings is 3. The average molecular weight is 474 g/mol. The van der Waals surface area contributed by atoms with Crippen LogP contribution in [0.5, 0.6) is 11.5 Å². The smallest absolute Gasteiger partial charge is 0.264 e. The van der Waals surface area contributed by atoms with Gasteiger partial charge in [-0.1, -0.05) is 36.4 Å². The molecule has 4 aromatic rings. The Balaban J connectivity index is 1.56. The second-order valence-electron chi connectivity index (χ2n) is 7.37. The van der Waals surface area contributed by atoms with Crippen LogP contribution >= 0.6 is 0 Å². The number of hydrogen-bond acceptors (Lipinski definition) is 5. The summed E-state index contributed by atoms with van der Waals surface area (Å²) >= 11 is 0. The molecule has 0 aliphatic rings. The minimum atomic E-state index is -3.98. The number of anilines is 1. The number of sulfonamides is 1. The minimum absolute atomic E-state index is 0.0987. The third kappa shape index (κ3) is 5.79. The quantitative estimate of drug-likeness (QED) is 0.390. The maximum Gasteiger partial charge on any atom is 0.264 e. The van der Waals surface area contributed by atoms with E-state index in [0.717, 1.165) is 9.87 Å². The summed E-state index contributed by atoms with van der Waals surface area (Å²) in [4.78, 5) is 16.8. The number of nitrogens with zero attached hydrogens (tertiary/aromatic N) is 2. The van der Waals surface area contributed by atoms with E-state index in [1.807, 2.05) is 30.3 Å². The lowest BCUT2D eigenvalue weighted by atomic mass is 10.2. The maximum absolute atomic E-state index is 13.4. The standard InChI is InChI=1S/C26H23N3O4S/c30-26(28-19-21-15-17-27-18-16-21)20-29(34(31,32)25-9-5-2-6-10-25)22-11-13-24(14-12-22)33-23-7-3-1-4-8-23/h1-18H,19-20H2,(H,28,30). The van der Waals surface area contributed by atoms with E-state index in [1.54, 1.807) is 67.0 Å². The van der Waals surface area contributed by atoms with Crippen molar-refractivity contribution in [3.8, 4) is 11.5 Å². The molecule has 0 aliphatic heterocycles. The zero-order valence-electron chi connectivity index (χ0n) is 18.2. The predicted molar refractivity (Wildman–Crippen MR) is 130 cm³/mol. The highest BCUT2D eigenvalue weighted by molar-refractivity contribution is 7.92. The molecule has 1 amide bonds. The van der Waals surface area contributed by atoms with E-state index in [4.69, 9.17) is 4.74 Å². The van der Waals surface area contributed by atoms with Crippen molar-refractivity contribution in [2.45, 2.75) is 11.4 Å². The first kappa shape index (κ1) is 23.0. The molecule has 34 heavy (non-hydrogen) atoms. The van der Waals surface area contributed by atoms with Crippen molar-refractivity contribution in [2.24, 2.45) is 0 Å². The zero-order valence-corrected chi connectivity index (χ0v) is 19.1. The first-order valence-electron chi connectivity index (χ1n) is 10.6. The molecular formula is C26H23N3O4S. The van der Waals surface area contributed by atoms with E-state index in [2.05, 4.69) is 10.3 Å². The van der Waals surface area contributed by atoms with Crippen LogP contribution in [0.4, 0.5) is 5.69 Å². The van der Waals surface area contributed by atoms with E-state index in [-0.39, 0.29) is 18.0 Å². The van der Waals surface area contributed by atoms with E-state index < -0.39 is 15.9 Å². The van der Waals surface area contributed by atoms with Gasteiger partial charge < -0.3 is 10.1 Å². The fourth-order valence-corrected chi connectivity index (χ4v) is 4.67. The van der Waals surface area contributed by atoms with Gasteiger partial charge in [-0.2, -0.15) is 0 Å². The summed E-state index contributed by atoms with van der Waals surface area (Å²) < 4.78 is 33.7. The largest absolute Gasteiger partial charge is 0.457 e. The molecule has 1 N–H and O–H groups in total. The van der Waals surface area contributed by atoms with Gasteiger partial charge in [0.05, 0.1) is 10.6 Å². The van der Waals surface area contributed by atoms with Crippen LogP contribution in [0.3, 0.4) is 0 Å². The molecule has 7 nitrogen and oxygen atoms in total. The van der Waals surface area contributed by atoms with Gasteiger partial charge in [-0.3, -0.25) is 14.1 Å². The molecule has 1 aromatic heterocycles. The Labute approximate surface area is 198 Å². The molecule has 0 saturated carbocycles. The summed E-state index contributed by atoms with van der Waals surface area (Å²) in [7, 11) is -3.98. The third-order valence-corrected chi connectivity index (χ3v) is 6.75. The summed E-state index contributed by atoms with van der Waals surface area (Å²) in [5.41, 5.74) is 1.21. The highest BCUT2D eigenvalue weighted by Gasteiger charge is 2.27. The lowest BCUT2D eigenvalue weighted by Gasteiger charge is -2.24. The molecule has 0 unspecified atom stereocenters. The fourth-order valence-electron chi connectivity index (χ4n) is 3.23. The summed E-state index contributed by atoms with van der Waals surface area (Å²) in [5.74, 6) is 0.787. The molecule has 1 heterocycles. The molecule has 0 radical (unpaired) electrons. The molecule has 0 aliphatic carbocycles. The zero-order chi connectivity index (χ0) is 23.8. The molecule has 172 valence electrons. The Hall–Kier alpha value is -4.17. The summed E-state index contributed by atoms with van der Waals surface area (Å²) in [6.07, 6.45) is 3.26. The topological polar surface area (TPSA) is 88.6 Å². The molecule has 4 rings (SSSR count). The van der Waals surface area contributed by atoms with Gasteiger partial charge in [-0.15, -0.1) is 0 Å². The number of hydrogen-bond donors (Lipinski definition) is 1. The number of carbonyl (C=O) groups is 1. The van der Waals surface area contributed by atoms with E-state index in [1.165, 1.54) is 12.1 Å². The van der Waals surface area contributed by atoms with E-state index >= 15 is 0 Å². The van der Waals surface area contributed by atoms with Crippen molar-refractivity contribution in [3.05, 3.63) is 115 Å². The van der Waals surface area contributed by atoms with Crippen molar-refractivity contribution in [3.63, 3.8) is 0 Å². The van der Waals surface area contributed by atoms with Crippen LogP contribution < -0.4 is 14.4 Å². The molecule has 0 fully saturated rings. The van der Waals surface area contributed by atoms with Crippen LogP contribution in [0.1, 0.15) is 5.56 Å². The van der Waals surface area contributed by atoms with Gasteiger partial charge >= 0.3 is 0 Å². The SMILES string of the molecule is O=C(CN(c1ccc(Oc2ccccc2)cc1)S(=O)(=O)c1ccccc1)NCc1ccncc1. The van der Waals surface area contributed by atoms with Gasteiger partial charge in [0.2, 0.25) is 5.91 Å². The highest BCUT2D eigenvalue weighted by Crippen LogP contribution is 2.28. The monoisotopic (exact) mass is 473 g/mol.